The number of rotatable bonds is 6. The van der Waals surface area contributed by atoms with Crippen molar-refractivity contribution in [3.8, 4) is 0 Å². The minimum Gasteiger partial charge on any atom is -0.355 e. The normalized spacial score (nSPS) is 19.9. The van der Waals surface area contributed by atoms with E-state index in [1.807, 2.05) is 18.2 Å². The van der Waals surface area contributed by atoms with Gasteiger partial charge in [-0.05, 0) is 31.2 Å². The summed E-state index contributed by atoms with van der Waals surface area (Å²) in [6, 6.07) is 10.3. The van der Waals surface area contributed by atoms with E-state index in [0.717, 1.165) is 24.3 Å². The van der Waals surface area contributed by atoms with Crippen LogP contribution in [0.4, 0.5) is 0 Å². The van der Waals surface area contributed by atoms with E-state index in [0.29, 0.717) is 12.5 Å². The second-order valence-electron chi connectivity index (χ2n) is 5.86. The van der Waals surface area contributed by atoms with Gasteiger partial charge >= 0.3 is 0 Å². The number of benzene rings is 1. The fourth-order valence-electron chi connectivity index (χ4n) is 2.90. The zero-order chi connectivity index (χ0) is 15.5. The van der Waals surface area contributed by atoms with Gasteiger partial charge in [0, 0.05) is 23.8 Å². The van der Waals surface area contributed by atoms with Crippen molar-refractivity contribution in [2.24, 2.45) is 5.92 Å². The highest BCUT2D eigenvalue weighted by Crippen LogP contribution is 2.47. The Kier molecular flexibility index (Phi) is 4.57. The highest BCUT2D eigenvalue weighted by atomic mass is 32.1. The molecule has 0 radical (unpaired) electrons. The lowest BCUT2D eigenvalue weighted by Crippen LogP contribution is -2.27. The molecule has 1 N–H and O–H groups in total. The summed E-state index contributed by atoms with van der Waals surface area (Å²) in [4.78, 5) is 18.1. The number of hydrogen-bond donors (Lipinski definition) is 1. The molecular weight excluding hydrogens is 292 g/mol. The number of amides is 1. The zero-order valence-corrected chi connectivity index (χ0v) is 14.0. The maximum atomic E-state index is 12.2. The zero-order valence-electron chi connectivity index (χ0n) is 13.1. The van der Waals surface area contributed by atoms with Crippen molar-refractivity contribution in [2.75, 3.05) is 6.54 Å². The standard InChI is InChI=1S/C18H22N2OS/c1-3-16-12(2)22-17(20-16)9-10-19-18(21)15-11-14(15)13-7-5-4-6-8-13/h4-8,14-15H,3,9-11H2,1-2H3,(H,19,21)/t14-,15+/m1/s1. The minimum atomic E-state index is 0.159. The fourth-order valence-corrected chi connectivity index (χ4v) is 3.92. The molecule has 0 aliphatic heterocycles. The quantitative estimate of drug-likeness (QED) is 0.887. The number of thiazole rings is 1. The lowest BCUT2D eigenvalue weighted by Gasteiger charge is -2.03. The lowest BCUT2D eigenvalue weighted by atomic mass is 10.1. The first-order valence-electron chi connectivity index (χ1n) is 7.97. The van der Waals surface area contributed by atoms with E-state index in [2.05, 4.69) is 36.3 Å². The number of nitrogens with zero attached hydrogens (tertiary/aromatic N) is 1. The van der Waals surface area contributed by atoms with E-state index in [-0.39, 0.29) is 11.8 Å². The van der Waals surface area contributed by atoms with E-state index in [4.69, 9.17) is 0 Å². The van der Waals surface area contributed by atoms with Crippen molar-refractivity contribution in [3.63, 3.8) is 0 Å². The van der Waals surface area contributed by atoms with Crippen LogP contribution in [0.25, 0.3) is 0 Å². The number of carbonyl (C=O) groups excluding carboxylic acids is 1. The molecule has 0 saturated heterocycles. The Morgan fingerprint density at radius 3 is 2.82 bits per heavy atom. The summed E-state index contributed by atoms with van der Waals surface area (Å²) in [7, 11) is 0. The fraction of sp³-hybridized carbons (Fsp3) is 0.444. The predicted molar refractivity (Wildman–Crippen MR) is 90.2 cm³/mol. The van der Waals surface area contributed by atoms with Crippen molar-refractivity contribution in [2.45, 2.75) is 39.0 Å². The van der Waals surface area contributed by atoms with Crippen LogP contribution in [0.15, 0.2) is 30.3 Å². The monoisotopic (exact) mass is 314 g/mol. The molecule has 1 aromatic carbocycles. The van der Waals surface area contributed by atoms with Gasteiger partial charge < -0.3 is 5.32 Å². The van der Waals surface area contributed by atoms with E-state index in [1.165, 1.54) is 16.1 Å². The van der Waals surface area contributed by atoms with Gasteiger partial charge in [-0.2, -0.15) is 0 Å². The number of aryl methyl sites for hydroxylation is 2. The molecule has 3 rings (SSSR count). The Morgan fingerprint density at radius 2 is 2.14 bits per heavy atom. The van der Waals surface area contributed by atoms with Crippen molar-refractivity contribution in [1.29, 1.82) is 0 Å². The maximum absolute atomic E-state index is 12.2. The van der Waals surface area contributed by atoms with Crippen molar-refractivity contribution in [3.05, 3.63) is 51.5 Å². The average molecular weight is 314 g/mol. The van der Waals surface area contributed by atoms with Gasteiger partial charge in [0.25, 0.3) is 0 Å². The highest BCUT2D eigenvalue weighted by Gasteiger charge is 2.43. The molecule has 116 valence electrons. The van der Waals surface area contributed by atoms with Gasteiger partial charge in [0.1, 0.15) is 0 Å². The van der Waals surface area contributed by atoms with Crippen LogP contribution in [0.1, 0.15) is 40.4 Å². The molecule has 1 saturated carbocycles. The van der Waals surface area contributed by atoms with Gasteiger partial charge in [-0.1, -0.05) is 37.3 Å². The van der Waals surface area contributed by atoms with Gasteiger partial charge in [-0.3, -0.25) is 4.79 Å². The van der Waals surface area contributed by atoms with Crippen LogP contribution in [0.3, 0.4) is 0 Å². The van der Waals surface area contributed by atoms with Crippen molar-refractivity contribution >= 4 is 17.2 Å². The van der Waals surface area contributed by atoms with Gasteiger partial charge in [-0.25, -0.2) is 4.98 Å². The Hall–Kier alpha value is -1.68. The molecule has 1 aromatic heterocycles. The van der Waals surface area contributed by atoms with Crippen LogP contribution in [0.5, 0.6) is 0 Å². The lowest BCUT2D eigenvalue weighted by molar-refractivity contribution is -0.122. The average Bonchev–Trinajstić information content (AvgIpc) is 3.26. The number of aromatic nitrogens is 1. The van der Waals surface area contributed by atoms with Gasteiger partial charge in [0.05, 0.1) is 10.7 Å². The highest BCUT2D eigenvalue weighted by molar-refractivity contribution is 7.11. The summed E-state index contributed by atoms with van der Waals surface area (Å²) in [5.74, 6) is 0.763. The molecule has 1 fully saturated rings. The third kappa shape index (κ3) is 3.38. The first kappa shape index (κ1) is 15.2. The molecule has 1 amide bonds. The maximum Gasteiger partial charge on any atom is 0.223 e. The minimum absolute atomic E-state index is 0.159. The van der Waals surface area contributed by atoms with E-state index in [1.54, 1.807) is 11.3 Å². The molecule has 2 aromatic rings. The van der Waals surface area contributed by atoms with Crippen LogP contribution in [-0.4, -0.2) is 17.4 Å². The molecule has 3 nitrogen and oxygen atoms in total. The number of carbonyl (C=O) groups is 1. The third-order valence-corrected chi connectivity index (χ3v) is 5.34. The van der Waals surface area contributed by atoms with Gasteiger partial charge in [-0.15, -0.1) is 11.3 Å². The van der Waals surface area contributed by atoms with Gasteiger partial charge in [0.2, 0.25) is 5.91 Å². The first-order valence-corrected chi connectivity index (χ1v) is 8.78. The van der Waals surface area contributed by atoms with Crippen LogP contribution >= 0.6 is 11.3 Å². The summed E-state index contributed by atoms with van der Waals surface area (Å²) < 4.78 is 0. The molecule has 4 heteroatoms. The van der Waals surface area contributed by atoms with Crippen LogP contribution in [-0.2, 0) is 17.6 Å². The molecule has 22 heavy (non-hydrogen) atoms. The van der Waals surface area contributed by atoms with Crippen LogP contribution in [0.2, 0.25) is 0 Å². The summed E-state index contributed by atoms with van der Waals surface area (Å²) in [5, 5.41) is 4.20. The second-order valence-corrected chi connectivity index (χ2v) is 7.15. The second kappa shape index (κ2) is 6.61. The predicted octanol–water partition coefficient (Wildman–Crippen LogP) is 3.48. The largest absolute Gasteiger partial charge is 0.355 e. The molecular formula is C18H22N2OS. The molecule has 2 atom stereocenters. The molecule has 0 bridgehead atoms. The summed E-state index contributed by atoms with van der Waals surface area (Å²) >= 11 is 1.75. The Bertz CT molecular complexity index is 650. The molecule has 0 spiro atoms. The Morgan fingerprint density at radius 1 is 1.36 bits per heavy atom. The van der Waals surface area contributed by atoms with E-state index in [9.17, 15) is 4.79 Å². The summed E-state index contributed by atoms with van der Waals surface area (Å²) in [6.07, 6.45) is 2.79. The molecule has 1 aliphatic rings. The van der Waals surface area contributed by atoms with Crippen LogP contribution < -0.4 is 5.32 Å². The number of nitrogens with one attached hydrogen (secondary N) is 1. The summed E-state index contributed by atoms with van der Waals surface area (Å²) in [6.45, 7) is 4.94. The molecule has 1 heterocycles. The van der Waals surface area contributed by atoms with Crippen LogP contribution in [0, 0.1) is 12.8 Å². The van der Waals surface area contributed by atoms with E-state index >= 15 is 0 Å². The Balaban J connectivity index is 1.45. The SMILES string of the molecule is CCc1nc(CCNC(=O)[C@H]2C[C@@H]2c2ccccc2)sc1C. The van der Waals surface area contributed by atoms with E-state index < -0.39 is 0 Å². The van der Waals surface area contributed by atoms with Crippen molar-refractivity contribution in [1.82, 2.24) is 10.3 Å². The third-order valence-electron chi connectivity index (χ3n) is 4.26. The molecule has 0 unspecified atom stereocenters. The summed E-state index contributed by atoms with van der Waals surface area (Å²) in [5.41, 5.74) is 2.48. The molecule has 1 aliphatic carbocycles. The Labute approximate surface area is 135 Å². The first-order chi connectivity index (χ1) is 10.7. The van der Waals surface area contributed by atoms with Crippen molar-refractivity contribution < 1.29 is 4.79 Å². The topological polar surface area (TPSA) is 42.0 Å². The smallest absolute Gasteiger partial charge is 0.223 e. The van der Waals surface area contributed by atoms with Gasteiger partial charge in [0.15, 0.2) is 0 Å². The number of hydrogen-bond acceptors (Lipinski definition) is 3.